The van der Waals surface area contributed by atoms with Crippen molar-refractivity contribution in [2.75, 3.05) is 16.8 Å². The Balaban J connectivity index is 1.50. The number of aryl methyl sites for hydroxylation is 1. The molecule has 28 heavy (non-hydrogen) atoms. The molecule has 2 aromatic carbocycles. The predicted molar refractivity (Wildman–Crippen MR) is 102 cm³/mol. The smallest absolute Gasteiger partial charge is 0.291 e. The Labute approximate surface area is 164 Å². The molecule has 1 amide bonds. The maximum atomic E-state index is 12.5. The first-order chi connectivity index (χ1) is 13.4. The largest absolute Gasteiger partial charge is 0.454 e. The Morgan fingerprint density at radius 2 is 1.89 bits per heavy atom. The number of amides is 1. The summed E-state index contributed by atoms with van der Waals surface area (Å²) in [6, 6.07) is 11.7. The van der Waals surface area contributed by atoms with E-state index in [9.17, 15) is 13.2 Å². The number of carbonyl (C=O) groups excluding carboxylic acids is 1. The summed E-state index contributed by atoms with van der Waals surface area (Å²) in [6.07, 6.45) is 0. The van der Waals surface area contributed by atoms with Crippen LogP contribution in [0.5, 0.6) is 11.5 Å². The molecule has 0 saturated carbocycles. The van der Waals surface area contributed by atoms with Gasteiger partial charge in [-0.3, -0.25) is 14.8 Å². The van der Waals surface area contributed by atoms with Crippen molar-refractivity contribution in [1.82, 2.24) is 10.2 Å². The van der Waals surface area contributed by atoms with Crippen LogP contribution in [-0.2, 0) is 10.0 Å². The molecule has 1 aliphatic rings. The number of carbonyl (C=O) groups is 1. The highest BCUT2D eigenvalue weighted by atomic mass is 32.2. The Hall–Kier alpha value is -3.18. The first-order valence-electron chi connectivity index (χ1n) is 8.05. The topological polar surface area (TPSA) is 120 Å². The van der Waals surface area contributed by atoms with Gasteiger partial charge < -0.3 is 9.47 Å². The van der Waals surface area contributed by atoms with Gasteiger partial charge in [0.05, 0.1) is 5.69 Å². The van der Waals surface area contributed by atoms with E-state index in [2.05, 4.69) is 20.2 Å². The van der Waals surface area contributed by atoms with Crippen molar-refractivity contribution in [2.24, 2.45) is 0 Å². The summed E-state index contributed by atoms with van der Waals surface area (Å²) in [5, 5.41) is 10.1. The molecule has 0 spiro atoms. The predicted octanol–water partition coefficient (Wildman–Crippen LogP) is 2.63. The highest BCUT2D eigenvalue weighted by Crippen LogP contribution is 2.35. The van der Waals surface area contributed by atoms with Gasteiger partial charge >= 0.3 is 0 Å². The molecule has 144 valence electrons. The van der Waals surface area contributed by atoms with Crippen molar-refractivity contribution in [3.63, 3.8) is 0 Å². The monoisotopic (exact) mass is 418 g/mol. The van der Waals surface area contributed by atoms with Gasteiger partial charge in [-0.2, -0.15) is 8.42 Å². The average molecular weight is 418 g/mol. The number of nitrogens with one attached hydrogen (secondary N) is 2. The molecule has 0 atom stereocenters. The first-order valence-corrected chi connectivity index (χ1v) is 10.4. The number of ether oxygens (including phenoxy) is 2. The molecule has 1 aromatic heterocycles. The van der Waals surface area contributed by atoms with Crippen LogP contribution in [0.2, 0.25) is 0 Å². The SMILES string of the molecule is Cc1ccccc1C(=O)Nc1nnc(S(=O)(=O)Nc2ccc3c(c2)OCO3)s1. The van der Waals surface area contributed by atoms with Crippen LogP contribution in [0.25, 0.3) is 0 Å². The molecule has 11 heteroatoms. The number of hydrogen-bond acceptors (Lipinski definition) is 8. The van der Waals surface area contributed by atoms with Crippen LogP contribution in [0.3, 0.4) is 0 Å². The molecule has 2 heterocycles. The van der Waals surface area contributed by atoms with E-state index in [0.29, 0.717) is 22.7 Å². The minimum Gasteiger partial charge on any atom is -0.454 e. The number of rotatable bonds is 5. The highest BCUT2D eigenvalue weighted by Gasteiger charge is 2.23. The number of fused-ring (bicyclic) bond motifs is 1. The molecule has 9 nitrogen and oxygen atoms in total. The van der Waals surface area contributed by atoms with Crippen molar-refractivity contribution in [3.8, 4) is 11.5 Å². The van der Waals surface area contributed by atoms with Gasteiger partial charge in [-0.25, -0.2) is 0 Å². The van der Waals surface area contributed by atoms with Gasteiger partial charge in [-0.05, 0) is 30.7 Å². The zero-order chi connectivity index (χ0) is 19.7. The van der Waals surface area contributed by atoms with Gasteiger partial charge in [0.1, 0.15) is 0 Å². The normalized spacial score (nSPS) is 12.6. The summed E-state index contributed by atoms with van der Waals surface area (Å²) < 4.78 is 37.6. The van der Waals surface area contributed by atoms with E-state index in [0.717, 1.165) is 16.9 Å². The molecule has 3 aromatic rings. The Morgan fingerprint density at radius 1 is 1.11 bits per heavy atom. The van der Waals surface area contributed by atoms with Gasteiger partial charge in [0.25, 0.3) is 20.3 Å². The number of benzene rings is 2. The number of aromatic nitrogens is 2. The summed E-state index contributed by atoms with van der Waals surface area (Å²) in [6.45, 7) is 1.89. The van der Waals surface area contributed by atoms with Crippen molar-refractivity contribution in [1.29, 1.82) is 0 Å². The van der Waals surface area contributed by atoms with Crippen LogP contribution in [0.15, 0.2) is 46.8 Å². The molecule has 0 aliphatic carbocycles. The van der Waals surface area contributed by atoms with Crippen LogP contribution in [0.4, 0.5) is 10.8 Å². The van der Waals surface area contributed by atoms with Crippen molar-refractivity contribution in [2.45, 2.75) is 11.3 Å². The second kappa shape index (κ2) is 7.09. The second-order valence-electron chi connectivity index (χ2n) is 5.82. The molecular formula is C17H14N4O5S2. The Bertz CT molecular complexity index is 1160. The lowest BCUT2D eigenvalue weighted by atomic mass is 10.1. The summed E-state index contributed by atoms with van der Waals surface area (Å²) in [4.78, 5) is 12.3. The molecule has 0 saturated heterocycles. The lowest BCUT2D eigenvalue weighted by Gasteiger charge is -2.06. The zero-order valence-electron chi connectivity index (χ0n) is 14.5. The van der Waals surface area contributed by atoms with Gasteiger partial charge in [0.2, 0.25) is 11.9 Å². The summed E-state index contributed by atoms with van der Waals surface area (Å²) in [7, 11) is -3.97. The second-order valence-corrected chi connectivity index (χ2v) is 8.65. The molecule has 2 N–H and O–H groups in total. The molecule has 0 fully saturated rings. The molecule has 1 aliphatic heterocycles. The maximum Gasteiger partial charge on any atom is 0.291 e. The molecule has 0 bridgehead atoms. The lowest BCUT2D eigenvalue weighted by Crippen LogP contribution is -2.13. The van der Waals surface area contributed by atoms with Gasteiger partial charge in [0.15, 0.2) is 11.5 Å². The van der Waals surface area contributed by atoms with Crippen molar-refractivity contribution >= 4 is 38.1 Å². The quantitative estimate of drug-likeness (QED) is 0.611. The third-order valence-corrected chi connectivity index (χ3v) is 6.46. The van der Waals surface area contributed by atoms with E-state index < -0.39 is 10.0 Å². The fourth-order valence-corrected chi connectivity index (χ4v) is 4.47. The Kier molecular flexibility index (Phi) is 4.61. The minimum absolute atomic E-state index is 0.0827. The number of hydrogen-bond donors (Lipinski definition) is 2. The van der Waals surface area contributed by atoms with Crippen molar-refractivity contribution in [3.05, 3.63) is 53.6 Å². The fraction of sp³-hybridized carbons (Fsp3) is 0.118. The van der Waals surface area contributed by atoms with E-state index in [1.807, 2.05) is 6.07 Å². The molecule has 0 radical (unpaired) electrons. The van der Waals surface area contributed by atoms with Gasteiger partial charge in [-0.15, -0.1) is 10.2 Å². The number of sulfonamides is 1. The minimum atomic E-state index is -3.97. The highest BCUT2D eigenvalue weighted by molar-refractivity contribution is 7.94. The van der Waals surface area contributed by atoms with E-state index in [-0.39, 0.29) is 22.2 Å². The molecular weight excluding hydrogens is 404 g/mol. The van der Waals surface area contributed by atoms with E-state index in [1.165, 1.54) is 6.07 Å². The third-order valence-electron chi connectivity index (χ3n) is 3.87. The summed E-state index contributed by atoms with van der Waals surface area (Å²) in [5.41, 5.74) is 1.56. The van der Waals surface area contributed by atoms with Crippen LogP contribution in [0.1, 0.15) is 15.9 Å². The van der Waals surface area contributed by atoms with E-state index >= 15 is 0 Å². The zero-order valence-corrected chi connectivity index (χ0v) is 16.1. The lowest BCUT2D eigenvalue weighted by molar-refractivity contribution is 0.102. The average Bonchev–Trinajstić information content (AvgIpc) is 3.31. The number of nitrogens with zero attached hydrogens (tertiary/aromatic N) is 2. The third kappa shape index (κ3) is 3.62. The van der Waals surface area contributed by atoms with Crippen LogP contribution < -0.4 is 19.5 Å². The van der Waals surface area contributed by atoms with E-state index in [4.69, 9.17) is 9.47 Å². The number of anilines is 2. The molecule has 0 unspecified atom stereocenters. The summed E-state index contributed by atoms with van der Waals surface area (Å²) >= 11 is 0.753. The van der Waals surface area contributed by atoms with Crippen molar-refractivity contribution < 1.29 is 22.7 Å². The maximum absolute atomic E-state index is 12.5. The van der Waals surface area contributed by atoms with Crippen LogP contribution in [-0.4, -0.2) is 31.3 Å². The Morgan fingerprint density at radius 3 is 2.71 bits per heavy atom. The van der Waals surface area contributed by atoms with Crippen LogP contribution in [0, 0.1) is 6.92 Å². The standard InChI is InChI=1S/C17H14N4O5S2/c1-10-4-2-3-5-12(10)15(22)18-16-19-20-17(27-16)28(23,24)21-11-6-7-13-14(8-11)26-9-25-13/h2-8,21H,9H2,1H3,(H,18,19,22). The van der Waals surface area contributed by atoms with Gasteiger partial charge in [-0.1, -0.05) is 29.5 Å². The van der Waals surface area contributed by atoms with Gasteiger partial charge in [0, 0.05) is 11.6 Å². The summed E-state index contributed by atoms with van der Waals surface area (Å²) in [5.74, 6) is 0.602. The van der Waals surface area contributed by atoms with E-state index in [1.54, 1.807) is 37.3 Å². The molecule has 4 rings (SSSR count). The fourth-order valence-electron chi connectivity index (χ4n) is 2.52. The van der Waals surface area contributed by atoms with Crippen LogP contribution >= 0.6 is 11.3 Å². The first kappa shape index (κ1) is 18.2.